The standard InChI is InChI=1S/C20H17BBrFN6O5/c22-15-10-13(3-4-16(15)23)26-19(27-32)17-18(29-34-28-17)24-6-7-25-20(30)12-2-1-11-5-8-33-21(31)14(11)9-12/h1-5,8-10,31-32H,6-7H2,(H,24,29)(H,25,30)(H,26,27). The van der Waals surface area contributed by atoms with Crippen LogP contribution in [-0.2, 0) is 4.65 Å². The first-order valence-electron chi connectivity index (χ1n) is 9.89. The van der Waals surface area contributed by atoms with Crippen LogP contribution in [0.25, 0.3) is 6.08 Å². The van der Waals surface area contributed by atoms with Crippen LogP contribution < -0.4 is 21.6 Å². The highest BCUT2D eigenvalue weighted by Gasteiger charge is 2.24. The molecule has 0 atom stereocenters. The molecule has 0 unspecified atom stereocenters. The molecular formula is C20H17BBrFN6O5. The van der Waals surface area contributed by atoms with Gasteiger partial charge in [-0.2, -0.15) is 0 Å². The third kappa shape index (κ3) is 5.25. The minimum atomic E-state index is -1.13. The molecule has 0 radical (unpaired) electrons. The molecule has 4 rings (SSSR count). The quantitative estimate of drug-likeness (QED) is 0.101. The van der Waals surface area contributed by atoms with E-state index in [1.165, 1.54) is 24.5 Å². The summed E-state index contributed by atoms with van der Waals surface area (Å²) in [7, 11) is -1.13. The van der Waals surface area contributed by atoms with Gasteiger partial charge in [0.25, 0.3) is 5.91 Å². The van der Waals surface area contributed by atoms with E-state index in [1.54, 1.807) is 24.3 Å². The van der Waals surface area contributed by atoms with Crippen molar-refractivity contribution in [1.29, 1.82) is 0 Å². The largest absolute Gasteiger partial charge is 0.560 e. The summed E-state index contributed by atoms with van der Waals surface area (Å²) in [5, 5.41) is 32.5. The summed E-state index contributed by atoms with van der Waals surface area (Å²) in [5.41, 5.74) is 3.97. The van der Waals surface area contributed by atoms with Gasteiger partial charge in [-0.15, -0.1) is 0 Å². The Kier molecular flexibility index (Phi) is 7.20. The molecule has 1 aliphatic heterocycles. The van der Waals surface area contributed by atoms with Gasteiger partial charge < -0.3 is 20.3 Å². The monoisotopic (exact) mass is 530 g/mol. The van der Waals surface area contributed by atoms with Crippen LogP contribution in [0, 0.1) is 5.82 Å². The molecule has 3 aromatic rings. The van der Waals surface area contributed by atoms with Crippen LogP contribution in [0.15, 0.2) is 56.8 Å². The van der Waals surface area contributed by atoms with E-state index < -0.39 is 12.9 Å². The van der Waals surface area contributed by atoms with E-state index in [0.29, 0.717) is 16.7 Å². The van der Waals surface area contributed by atoms with Gasteiger partial charge in [-0.25, -0.2) is 14.0 Å². The number of benzene rings is 2. The number of halogens is 2. The summed E-state index contributed by atoms with van der Waals surface area (Å²) in [4.78, 5) is 16.6. The molecule has 5 N–H and O–H groups in total. The molecule has 0 saturated carbocycles. The fourth-order valence-electron chi connectivity index (χ4n) is 3.08. The topological polar surface area (TPSA) is 154 Å². The number of carbonyl (C=O) groups excluding carboxylic acids is 1. The van der Waals surface area contributed by atoms with Gasteiger partial charge in [-0.1, -0.05) is 6.07 Å². The fraction of sp³-hybridized carbons (Fsp3) is 0.100. The number of hydroxylamine groups is 1. The predicted molar refractivity (Wildman–Crippen MR) is 125 cm³/mol. The van der Waals surface area contributed by atoms with E-state index >= 15 is 0 Å². The van der Waals surface area contributed by atoms with Gasteiger partial charge in [0, 0.05) is 24.1 Å². The molecule has 0 fully saturated rings. The van der Waals surface area contributed by atoms with Crippen LogP contribution in [0.2, 0.25) is 0 Å². The molecule has 2 aromatic carbocycles. The Hall–Kier alpha value is -3.75. The van der Waals surface area contributed by atoms with Crippen LogP contribution in [0.5, 0.6) is 0 Å². The number of hydrogen-bond acceptors (Lipinski definition) is 9. The first kappa shape index (κ1) is 23.4. The Morgan fingerprint density at radius 1 is 1.21 bits per heavy atom. The van der Waals surface area contributed by atoms with Crippen molar-refractivity contribution in [3.8, 4) is 0 Å². The Morgan fingerprint density at radius 3 is 2.85 bits per heavy atom. The molecular weight excluding hydrogens is 514 g/mol. The lowest BCUT2D eigenvalue weighted by atomic mass is 9.74. The van der Waals surface area contributed by atoms with Crippen molar-refractivity contribution in [2.24, 2.45) is 4.99 Å². The van der Waals surface area contributed by atoms with E-state index in [0.717, 1.165) is 5.56 Å². The number of hydrogen-bond donors (Lipinski definition) is 5. The number of rotatable bonds is 7. The third-order valence-electron chi connectivity index (χ3n) is 4.74. The summed E-state index contributed by atoms with van der Waals surface area (Å²) in [5.74, 6) is -0.723. The number of amides is 1. The van der Waals surface area contributed by atoms with Gasteiger partial charge in [-0.3, -0.25) is 15.5 Å². The summed E-state index contributed by atoms with van der Waals surface area (Å²) in [6.45, 7) is 0.457. The minimum Gasteiger partial charge on any atom is -0.538 e. The predicted octanol–water partition coefficient (Wildman–Crippen LogP) is 1.56. The minimum absolute atomic E-state index is 0.0750. The normalized spacial score (nSPS) is 12.7. The SMILES string of the molecule is O=C(NCCNc1nonc1C(=Nc1ccc(F)c(Br)c1)NO)c1ccc2c(c1)B(O)OC=C2. The Labute approximate surface area is 200 Å². The smallest absolute Gasteiger partial charge is 0.538 e. The summed E-state index contributed by atoms with van der Waals surface area (Å²) < 4.78 is 23.4. The van der Waals surface area contributed by atoms with Crippen LogP contribution in [0.4, 0.5) is 15.9 Å². The number of carbonyl (C=O) groups is 1. The molecule has 2 heterocycles. The van der Waals surface area contributed by atoms with Crippen LogP contribution >= 0.6 is 15.9 Å². The maximum Gasteiger partial charge on any atom is 0.560 e. The zero-order chi connectivity index (χ0) is 24.1. The van der Waals surface area contributed by atoms with Crippen LogP contribution in [-0.4, -0.2) is 52.5 Å². The van der Waals surface area contributed by atoms with Crippen LogP contribution in [0.1, 0.15) is 21.6 Å². The maximum absolute atomic E-state index is 13.4. The van der Waals surface area contributed by atoms with Crippen molar-refractivity contribution in [3.63, 3.8) is 0 Å². The molecule has 0 saturated heterocycles. The van der Waals surface area contributed by atoms with Crippen LogP contribution in [0.3, 0.4) is 0 Å². The van der Waals surface area contributed by atoms with E-state index in [4.69, 9.17) is 9.28 Å². The first-order chi connectivity index (χ1) is 16.5. The number of anilines is 1. The Balaban J connectivity index is 1.36. The average molecular weight is 531 g/mol. The Morgan fingerprint density at radius 2 is 2.06 bits per heavy atom. The third-order valence-corrected chi connectivity index (χ3v) is 5.34. The van der Waals surface area contributed by atoms with Gasteiger partial charge in [-0.05, 0) is 68.2 Å². The lowest BCUT2D eigenvalue weighted by Crippen LogP contribution is -2.37. The molecule has 11 nitrogen and oxygen atoms in total. The maximum atomic E-state index is 13.4. The molecule has 174 valence electrons. The number of fused-ring (bicyclic) bond motifs is 1. The van der Waals surface area contributed by atoms with Crippen molar-refractivity contribution in [2.45, 2.75) is 0 Å². The number of aromatic nitrogens is 2. The highest BCUT2D eigenvalue weighted by atomic mass is 79.9. The molecule has 1 aliphatic rings. The average Bonchev–Trinajstić information content (AvgIpc) is 3.30. The van der Waals surface area contributed by atoms with E-state index in [1.807, 2.05) is 5.48 Å². The molecule has 0 aliphatic carbocycles. The highest BCUT2D eigenvalue weighted by Crippen LogP contribution is 2.23. The van der Waals surface area contributed by atoms with E-state index in [9.17, 15) is 19.4 Å². The first-order valence-corrected chi connectivity index (χ1v) is 10.7. The highest BCUT2D eigenvalue weighted by molar-refractivity contribution is 9.10. The molecule has 0 bridgehead atoms. The van der Waals surface area contributed by atoms with Gasteiger partial charge in [0.1, 0.15) is 5.82 Å². The second kappa shape index (κ2) is 10.5. The second-order valence-electron chi connectivity index (χ2n) is 6.95. The van der Waals surface area contributed by atoms with Crippen molar-refractivity contribution < 1.29 is 28.7 Å². The van der Waals surface area contributed by atoms with Gasteiger partial charge >= 0.3 is 7.12 Å². The zero-order valence-corrected chi connectivity index (χ0v) is 18.9. The van der Waals surface area contributed by atoms with Crippen molar-refractivity contribution in [3.05, 3.63) is 69.8 Å². The van der Waals surface area contributed by atoms with E-state index in [2.05, 4.69) is 41.9 Å². The van der Waals surface area contributed by atoms with Gasteiger partial charge in [0.15, 0.2) is 11.5 Å². The molecule has 34 heavy (non-hydrogen) atoms. The van der Waals surface area contributed by atoms with Gasteiger partial charge in [0.2, 0.25) is 5.82 Å². The van der Waals surface area contributed by atoms with E-state index in [-0.39, 0.29) is 40.8 Å². The Bertz CT molecular complexity index is 1270. The second-order valence-corrected chi connectivity index (χ2v) is 7.80. The zero-order valence-electron chi connectivity index (χ0n) is 17.3. The summed E-state index contributed by atoms with van der Waals surface area (Å²) >= 11 is 3.07. The number of nitrogens with one attached hydrogen (secondary N) is 3. The molecule has 14 heteroatoms. The lowest BCUT2D eigenvalue weighted by Gasteiger charge is -2.15. The lowest BCUT2D eigenvalue weighted by molar-refractivity contribution is 0.0955. The summed E-state index contributed by atoms with van der Waals surface area (Å²) in [6.07, 6.45) is 3.09. The number of nitrogens with zero attached hydrogens (tertiary/aromatic N) is 3. The van der Waals surface area contributed by atoms with Crippen molar-refractivity contribution in [1.82, 2.24) is 21.1 Å². The summed E-state index contributed by atoms with van der Waals surface area (Å²) in [6, 6.07) is 8.98. The molecule has 0 spiro atoms. The molecule has 1 aromatic heterocycles. The fourth-order valence-corrected chi connectivity index (χ4v) is 3.44. The molecule has 1 amide bonds. The van der Waals surface area contributed by atoms with Gasteiger partial charge in [0.05, 0.1) is 16.4 Å². The van der Waals surface area contributed by atoms with Crippen molar-refractivity contribution in [2.75, 3.05) is 18.4 Å². The van der Waals surface area contributed by atoms with Crippen molar-refractivity contribution >= 4 is 57.8 Å². The number of amidine groups is 1. The number of aliphatic imine (C=N–C) groups is 1.